The highest BCUT2D eigenvalue weighted by molar-refractivity contribution is 7.19. The number of rotatable bonds is 7. The molecule has 0 fully saturated rings. The van der Waals surface area contributed by atoms with Crippen LogP contribution < -0.4 is 10.1 Å². The number of aliphatic carboxylic acids is 1. The van der Waals surface area contributed by atoms with Gasteiger partial charge in [-0.1, -0.05) is 23.7 Å². The second kappa shape index (κ2) is 9.56. The predicted molar refractivity (Wildman–Crippen MR) is 131 cm³/mol. The highest BCUT2D eigenvalue weighted by Crippen LogP contribution is 2.41. The fourth-order valence-corrected chi connectivity index (χ4v) is 5.81. The maximum atomic E-state index is 13.1. The summed E-state index contributed by atoms with van der Waals surface area (Å²) in [5.41, 5.74) is 2.81. The van der Waals surface area contributed by atoms with Crippen LogP contribution in [0.4, 0.5) is 15.9 Å². The van der Waals surface area contributed by atoms with Crippen LogP contribution in [0.2, 0.25) is 5.02 Å². The molecule has 1 unspecified atom stereocenters. The Morgan fingerprint density at radius 3 is 2.82 bits per heavy atom. The third-order valence-corrected chi connectivity index (χ3v) is 7.37. The topological polar surface area (TPSA) is 84.3 Å². The average Bonchev–Trinajstić information content (AvgIpc) is 3.18. The van der Waals surface area contributed by atoms with Crippen molar-refractivity contribution in [2.45, 2.75) is 32.3 Å². The van der Waals surface area contributed by atoms with Crippen molar-refractivity contribution < 1.29 is 19.0 Å². The molecule has 1 aliphatic carbocycles. The van der Waals surface area contributed by atoms with Gasteiger partial charge in [0, 0.05) is 17.0 Å². The summed E-state index contributed by atoms with van der Waals surface area (Å²) in [6.07, 6.45) is 4.13. The molecule has 0 radical (unpaired) electrons. The molecule has 34 heavy (non-hydrogen) atoms. The van der Waals surface area contributed by atoms with Crippen LogP contribution in [0.15, 0.2) is 48.8 Å². The Bertz CT molecular complexity index is 1360. The molecule has 5 rings (SSSR count). The van der Waals surface area contributed by atoms with E-state index in [4.69, 9.17) is 21.4 Å². The first-order valence-corrected chi connectivity index (χ1v) is 12.1. The molecule has 2 N–H and O–H groups in total. The second-order valence-corrected chi connectivity index (χ2v) is 9.79. The highest BCUT2D eigenvalue weighted by Gasteiger charge is 2.26. The number of benzene rings is 2. The van der Waals surface area contributed by atoms with Crippen LogP contribution in [0.5, 0.6) is 5.75 Å². The van der Waals surface area contributed by atoms with E-state index in [1.807, 2.05) is 6.07 Å². The number of anilines is 2. The maximum Gasteiger partial charge on any atom is 0.303 e. The molecule has 6 nitrogen and oxygen atoms in total. The molecule has 0 spiro atoms. The van der Waals surface area contributed by atoms with Crippen LogP contribution >= 0.6 is 22.9 Å². The number of ether oxygens (including phenoxy) is 1. The van der Waals surface area contributed by atoms with Gasteiger partial charge in [0.25, 0.3) is 0 Å². The van der Waals surface area contributed by atoms with Gasteiger partial charge in [-0.15, -0.1) is 11.3 Å². The lowest BCUT2D eigenvalue weighted by molar-refractivity contribution is -0.138. The Hall–Kier alpha value is -3.23. The van der Waals surface area contributed by atoms with E-state index in [2.05, 4.69) is 15.3 Å². The lowest BCUT2D eigenvalue weighted by Crippen LogP contribution is -2.16. The van der Waals surface area contributed by atoms with Gasteiger partial charge in [-0.3, -0.25) is 4.79 Å². The Kier molecular flexibility index (Phi) is 6.34. The number of fused-ring (bicyclic) bond motifs is 3. The zero-order chi connectivity index (χ0) is 23.7. The maximum absolute atomic E-state index is 13.1. The third-order valence-electron chi connectivity index (χ3n) is 5.91. The number of hydrogen-bond acceptors (Lipinski definition) is 6. The van der Waals surface area contributed by atoms with Crippen LogP contribution in [-0.2, 0) is 24.2 Å². The molecule has 0 saturated heterocycles. The molecule has 1 aliphatic rings. The van der Waals surface area contributed by atoms with E-state index in [0.717, 1.165) is 40.7 Å². The molecule has 1 atom stereocenters. The molecule has 0 amide bonds. The van der Waals surface area contributed by atoms with Gasteiger partial charge in [0.2, 0.25) is 0 Å². The summed E-state index contributed by atoms with van der Waals surface area (Å²) in [7, 11) is 0. The van der Waals surface area contributed by atoms with Gasteiger partial charge >= 0.3 is 5.97 Å². The zero-order valence-electron chi connectivity index (χ0n) is 18.1. The normalized spacial score (nSPS) is 15.2. The highest BCUT2D eigenvalue weighted by atomic mass is 35.5. The molecule has 2 aromatic carbocycles. The number of thiophene rings is 1. The summed E-state index contributed by atoms with van der Waals surface area (Å²) in [6.45, 7) is 0.281. The molecule has 2 heterocycles. The molecule has 9 heteroatoms. The quantitative estimate of drug-likeness (QED) is 0.308. The lowest BCUT2D eigenvalue weighted by atomic mass is 9.86. The van der Waals surface area contributed by atoms with Gasteiger partial charge < -0.3 is 15.2 Å². The summed E-state index contributed by atoms with van der Waals surface area (Å²) in [4.78, 5) is 22.1. The van der Waals surface area contributed by atoms with Gasteiger partial charge in [0.1, 0.15) is 35.1 Å². The molecule has 2 aromatic heterocycles. The van der Waals surface area contributed by atoms with Crippen molar-refractivity contribution in [2.75, 3.05) is 5.32 Å². The average molecular weight is 498 g/mol. The van der Waals surface area contributed by atoms with Crippen LogP contribution in [0.3, 0.4) is 0 Å². The van der Waals surface area contributed by atoms with Gasteiger partial charge in [-0.05, 0) is 66.6 Å². The Morgan fingerprint density at radius 1 is 1.24 bits per heavy atom. The van der Waals surface area contributed by atoms with Crippen LogP contribution in [0, 0.1) is 11.7 Å². The first-order chi connectivity index (χ1) is 16.5. The first kappa shape index (κ1) is 22.6. The summed E-state index contributed by atoms with van der Waals surface area (Å²) < 4.78 is 18.9. The van der Waals surface area contributed by atoms with Crippen molar-refractivity contribution in [1.29, 1.82) is 0 Å². The fraction of sp³-hybridized carbons (Fsp3) is 0.240. The molecular formula is C25H21ClFN3O3S. The fourth-order valence-electron chi connectivity index (χ4n) is 4.27. The first-order valence-electron chi connectivity index (χ1n) is 10.9. The van der Waals surface area contributed by atoms with Crippen LogP contribution in [0.1, 0.15) is 28.8 Å². The molecule has 0 bridgehead atoms. The van der Waals surface area contributed by atoms with Crippen molar-refractivity contribution in [3.63, 3.8) is 0 Å². The summed E-state index contributed by atoms with van der Waals surface area (Å²) >= 11 is 8.07. The van der Waals surface area contributed by atoms with Crippen molar-refractivity contribution in [3.8, 4) is 5.75 Å². The van der Waals surface area contributed by atoms with E-state index in [1.165, 1.54) is 28.9 Å². The van der Waals surface area contributed by atoms with E-state index in [1.54, 1.807) is 35.6 Å². The Morgan fingerprint density at radius 2 is 2.06 bits per heavy atom. The predicted octanol–water partition coefficient (Wildman–Crippen LogP) is 6.39. The number of nitrogens with zero attached hydrogens (tertiary/aromatic N) is 2. The van der Waals surface area contributed by atoms with Gasteiger partial charge in [0.15, 0.2) is 0 Å². The Balaban J connectivity index is 1.34. The van der Waals surface area contributed by atoms with Crippen molar-refractivity contribution in [2.24, 2.45) is 5.92 Å². The van der Waals surface area contributed by atoms with Crippen LogP contribution in [-0.4, -0.2) is 21.0 Å². The zero-order valence-corrected chi connectivity index (χ0v) is 19.6. The number of carbonyl (C=O) groups is 1. The standard InChI is InChI=1S/C25H21ClFN3O3S/c26-19-11-17(6-8-20(19)33-12-14-1-4-16(27)5-2-14)30-24-23-18-7-3-15(10-22(31)32)9-21(18)34-25(23)29-13-28-24/h1-2,4-6,8,11,13,15H,3,7,9-10,12H2,(H,31,32)(H,28,29,30). The van der Waals surface area contributed by atoms with Crippen molar-refractivity contribution >= 4 is 50.6 Å². The van der Waals surface area contributed by atoms with Crippen molar-refractivity contribution in [3.05, 3.63) is 75.6 Å². The minimum Gasteiger partial charge on any atom is -0.487 e. The Labute approximate surface area is 204 Å². The number of nitrogens with one attached hydrogen (secondary N) is 1. The van der Waals surface area contributed by atoms with E-state index in [9.17, 15) is 9.18 Å². The number of aryl methyl sites for hydroxylation is 1. The summed E-state index contributed by atoms with van der Waals surface area (Å²) in [5, 5.41) is 13.9. The molecule has 4 aromatic rings. The van der Waals surface area contributed by atoms with Gasteiger partial charge in [0.05, 0.1) is 10.4 Å². The number of carboxylic acids is 1. The molecular weight excluding hydrogens is 477 g/mol. The number of halogens is 2. The SMILES string of the molecule is O=C(O)CC1CCc2c(sc3ncnc(Nc4ccc(OCc5ccc(F)cc5)c(Cl)c4)c23)C1. The summed E-state index contributed by atoms with van der Waals surface area (Å²) in [5.74, 6) is 0.349. The minimum atomic E-state index is -0.751. The minimum absolute atomic E-state index is 0.156. The van der Waals surface area contributed by atoms with E-state index < -0.39 is 5.97 Å². The number of hydrogen-bond donors (Lipinski definition) is 2. The van der Waals surface area contributed by atoms with Crippen LogP contribution in [0.25, 0.3) is 10.2 Å². The van der Waals surface area contributed by atoms with E-state index in [-0.39, 0.29) is 24.8 Å². The summed E-state index contributed by atoms with van der Waals surface area (Å²) in [6, 6.07) is 11.6. The second-order valence-electron chi connectivity index (χ2n) is 8.30. The largest absolute Gasteiger partial charge is 0.487 e. The monoisotopic (exact) mass is 497 g/mol. The molecule has 174 valence electrons. The smallest absolute Gasteiger partial charge is 0.303 e. The third kappa shape index (κ3) is 4.83. The van der Waals surface area contributed by atoms with Gasteiger partial charge in [-0.25, -0.2) is 14.4 Å². The number of aromatic nitrogens is 2. The van der Waals surface area contributed by atoms with E-state index in [0.29, 0.717) is 16.6 Å². The number of carboxylic acid groups (broad SMARTS) is 1. The van der Waals surface area contributed by atoms with Crippen molar-refractivity contribution in [1.82, 2.24) is 9.97 Å². The molecule has 0 aliphatic heterocycles. The molecule has 0 saturated carbocycles. The lowest BCUT2D eigenvalue weighted by Gasteiger charge is -2.20. The van der Waals surface area contributed by atoms with E-state index >= 15 is 0 Å². The van der Waals surface area contributed by atoms with Gasteiger partial charge in [-0.2, -0.15) is 0 Å².